The molecule has 94 valence electrons. The van der Waals surface area contributed by atoms with E-state index in [0.717, 1.165) is 37.2 Å². The Labute approximate surface area is 103 Å². The van der Waals surface area contributed by atoms with Gasteiger partial charge in [0, 0.05) is 18.3 Å². The van der Waals surface area contributed by atoms with Crippen molar-refractivity contribution in [2.24, 2.45) is 0 Å². The van der Waals surface area contributed by atoms with E-state index in [2.05, 4.69) is 29.1 Å². The summed E-state index contributed by atoms with van der Waals surface area (Å²) >= 11 is 0. The van der Waals surface area contributed by atoms with Gasteiger partial charge in [0.05, 0.1) is 11.8 Å². The second-order valence-electron chi connectivity index (χ2n) is 5.16. The molecule has 1 saturated carbocycles. The summed E-state index contributed by atoms with van der Waals surface area (Å²) < 4.78 is 0. The van der Waals surface area contributed by atoms with E-state index in [9.17, 15) is 5.11 Å². The van der Waals surface area contributed by atoms with Crippen LogP contribution >= 0.6 is 0 Å². The predicted molar refractivity (Wildman–Crippen MR) is 68.7 cm³/mol. The molecular weight excluding hydrogens is 212 g/mol. The first kappa shape index (κ1) is 12.5. The number of aliphatic hydroxyl groups is 1. The first-order chi connectivity index (χ1) is 8.15. The molecule has 3 heteroatoms. The van der Waals surface area contributed by atoms with Crippen molar-refractivity contribution < 1.29 is 5.11 Å². The van der Waals surface area contributed by atoms with Crippen LogP contribution < -0.4 is 0 Å². The number of aromatic nitrogens is 1. The molecule has 0 spiro atoms. The van der Waals surface area contributed by atoms with Crippen molar-refractivity contribution in [3.63, 3.8) is 0 Å². The minimum Gasteiger partial charge on any atom is -0.393 e. The first-order valence-electron chi connectivity index (χ1n) is 6.46. The number of nitrogens with zero attached hydrogens (tertiary/aromatic N) is 2. The van der Waals surface area contributed by atoms with E-state index in [4.69, 9.17) is 0 Å². The normalized spacial score (nSPS) is 25.2. The monoisotopic (exact) mass is 234 g/mol. The highest BCUT2D eigenvalue weighted by atomic mass is 16.3. The summed E-state index contributed by atoms with van der Waals surface area (Å²) in [5.41, 5.74) is 2.19. The largest absolute Gasteiger partial charge is 0.393 e. The zero-order chi connectivity index (χ0) is 12.3. The zero-order valence-electron chi connectivity index (χ0n) is 10.8. The third-order valence-corrected chi connectivity index (χ3v) is 3.60. The molecule has 2 rings (SSSR count). The molecule has 1 aromatic heterocycles. The van der Waals surface area contributed by atoms with Crippen LogP contribution in [-0.2, 0) is 6.54 Å². The van der Waals surface area contributed by atoms with Gasteiger partial charge in [-0.3, -0.25) is 9.88 Å². The highest BCUT2D eigenvalue weighted by Gasteiger charge is 2.23. The van der Waals surface area contributed by atoms with Crippen molar-refractivity contribution in [1.82, 2.24) is 9.88 Å². The molecule has 1 heterocycles. The van der Waals surface area contributed by atoms with Crippen molar-refractivity contribution in [2.45, 2.75) is 51.3 Å². The molecule has 2 atom stereocenters. The average Bonchev–Trinajstić information content (AvgIpc) is 2.29. The summed E-state index contributed by atoms with van der Waals surface area (Å²) in [6.07, 6.45) is 4.09. The molecule has 0 aliphatic heterocycles. The predicted octanol–water partition coefficient (Wildman–Crippen LogP) is 2.13. The van der Waals surface area contributed by atoms with E-state index < -0.39 is 0 Å². The number of rotatable bonds is 3. The van der Waals surface area contributed by atoms with E-state index in [1.54, 1.807) is 0 Å². The fourth-order valence-corrected chi connectivity index (χ4v) is 2.61. The number of hydrogen-bond donors (Lipinski definition) is 1. The highest BCUT2D eigenvalue weighted by Crippen LogP contribution is 2.23. The van der Waals surface area contributed by atoms with Gasteiger partial charge in [-0.05, 0) is 51.8 Å². The van der Waals surface area contributed by atoms with Crippen molar-refractivity contribution in [3.8, 4) is 0 Å². The summed E-state index contributed by atoms with van der Waals surface area (Å²) in [6, 6.07) is 6.65. The molecule has 1 aromatic rings. The van der Waals surface area contributed by atoms with E-state index >= 15 is 0 Å². The van der Waals surface area contributed by atoms with Gasteiger partial charge < -0.3 is 5.11 Å². The Kier molecular flexibility index (Phi) is 4.13. The Morgan fingerprint density at radius 1 is 1.41 bits per heavy atom. The van der Waals surface area contributed by atoms with Gasteiger partial charge in [-0.1, -0.05) is 6.07 Å². The first-order valence-corrected chi connectivity index (χ1v) is 6.46. The van der Waals surface area contributed by atoms with Crippen molar-refractivity contribution in [1.29, 1.82) is 0 Å². The third-order valence-electron chi connectivity index (χ3n) is 3.60. The molecule has 1 aliphatic carbocycles. The van der Waals surface area contributed by atoms with E-state index in [-0.39, 0.29) is 6.10 Å². The molecule has 1 aliphatic rings. The van der Waals surface area contributed by atoms with Crippen LogP contribution in [0, 0.1) is 6.92 Å². The van der Waals surface area contributed by atoms with E-state index in [1.807, 2.05) is 13.0 Å². The third kappa shape index (κ3) is 3.51. The summed E-state index contributed by atoms with van der Waals surface area (Å²) in [6.45, 7) is 2.90. The number of hydrogen-bond acceptors (Lipinski definition) is 3. The van der Waals surface area contributed by atoms with Gasteiger partial charge in [0.1, 0.15) is 0 Å². The quantitative estimate of drug-likeness (QED) is 0.870. The molecule has 0 bridgehead atoms. The van der Waals surface area contributed by atoms with Crippen LogP contribution in [0.15, 0.2) is 18.2 Å². The maximum atomic E-state index is 9.70. The lowest BCUT2D eigenvalue weighted by atomic mass is 9.92. The van der Waals surface area contributed by atoms with Gasteiger partial charge in [-0.2, -0.15) is 0 Å². The van der Waals surface area contributed by atoms with E-state index in [1.165, 1.54) is 6.42 Å². The van der Waals surface area contributed by atoms with Crippen LogP contribution in [0.3, 0.4) is 0 Å². The Bertz CT molecular complexity index is 367. The van der Waals surface area contributed by atoms with Crippen LogP contribution in [0.5, 0.6) is 0 Å². The molecule has 0 saturated heterocycles. The van der Waals surface area contributed by atoms with Crippen LogP contribution in [0.2, 0.25) is 0 Å². The second kappa shape index (κ2) is 5.61. The molecule has 3 nitrogen and oxygen atoms in total. The van der Waals surface area contributed by atoms with Gasteiger partial charge in [0.2, 0.25) is 0 Å². The molecule has 0 aromatic carbocycles. The summed E-state index contributed by atoms with van der Waals surface area (Å²) in [4.78, 5) is 6.85. The standard InChI is InChI=1S/C14H22N2O/c1-11-5-3-6-12(15-11)10-16(2)13-7-4-8-14(17)9-13/h3,5-6,13-14,17H,4,7-10H2,1-2H3. The number of aliphatic hydroxyl groups excluding tert-OH is 1. The Morgan fingerprint density at radius 2 is 2.24 bits per heavy atom. The molecular formula is C14H22N2O. The van der Waals surface area contributed by atoms with Crippen LogP contribution in [0.25, 0.3) is 0 Å². The minimum absolute atomic E-state index is 0.110. The summed E-state index contributed by atoms with van der Waals surface area (Å²) in [5, 5.41) is 9.70. The summed E-state index contributed by atoms with van der Waals surface area (Å²) in [7, 11) is 2.13. The lowest BCUT2D eigenvalue weighted by Gasteiger charge is -2.33. The van der Waals surface area contributed by atoms with Gasteiger partial charge in [-0.25, -0.2) is 0 Å². The molecule has 0 radical (unpaired) electrons. The topological polar surface area (TPSA) is 36.4 Å². The fraction of sp³-hybridized carbons (Fsp3) is 0.643. The maximum Gasteiger partial charge on any atom is 0.0555 e. The van der Waals surface area contributed by atoms with Gasteiger partial charge in [0.15, 0.2) is 0 Å². The molecule has 1 N–H and O–H groups in total. The van der Waals surface area contributed by atoms with Gasteiger partial charge in [-0.15, -0.1) is 0 Å². The summed E-state index contributed by atoms with van der Waals surface area (Å²) in [5.74, 6) is 0. The van der Waals surface area contributed by atoms with Gasteiger partial charge in [0.25, 0.3) is 0 Å². The molecule has 17 heavy (non-hydrogen) atoms. The van der Waals surface area contributed by atoms with Gasteiger partial charge >= 0.3 is 0 Å². The number of aryl methyl sites for hydroxylation is 1. The zero-order valence-corrected chi connectivity index (χ0v) is 10.8. The van der Waals surface area contributed by atoms with Crippen molar-refractivity contribution >= 4 is 0 Å². The second-order valence-corrected chi connectivity index (χ2v) is 5.16. The lowest BCUT2D eigenvalue weighted by Crippen LogP contribution is -2.37. The Balaban J connectivity index is 1.94. The molecule has 0 amide bonds. The fourth-order valence-electron chi connectivity index (χ4n) is 2.61. The number of pyridine rings is 1. The van der Waals surface area contributed by atoms with Crippen LogP contribution in [0.4, 0.5) is 0 Å². The highest BCUT2D eigenvalue weighted by molar-refractivity contribution is 5.09. The van der Waals surface area contributed by atoms with Crippen molar-refractivity contribution in [3.05, 3.63) is 29.6 Å². The SMILES string of the molecule is Cc1cccc(CN(C)C2CCCC(O)C2)n1. The molecule has 1 fully saturated rings. The van der Waals surface area contributed by atoms with Crippen molar-refractivity contribution in [2.75, 3.05) is 7.05 Å². The lowest BCUT2D eigenvalue weighted by molar-refractivity contribution is 0.0696. The molecule has 2 unspecified atom stereocenters. The van der Waals surface area contributed by atoms with Crippen LogP contribution in [0.1, 0.15) is 37.1 Å². The van der Waals surface area contributed by atoms with Crippen LogP contribution in [-0.4, -0.2) is 34.2 Å². The van der Waals surface area contributed by atoms with E-state index in [0.29, 0.717) is 6.04 Å². The minimum atomic E-state index is -0.110. The Morgan fingerprint density at radius 3 is 2.94 bits per heavy atom. The smallest absolute Gasteiger partial charge is 0.0555 e. The Hall–Kier alpha value is -0.930. The maximum absolute atomic E-state index is 9.70. The average molecular weight is 234 g/mol.